The van der Waals surface area contributed by atoms with Crippen LogP contribution in [0.25, 0.3) is 0 Å². The van der Waals surface area contributed by atoms with Gasteiger partial charge in [0.25, 0.3) is 5.91 Å². The number of aromatic nitrogens is 1. The summed E-state index contributed by atoms with van der Waals surface area (Å²) in [6.07, 6.45) is 6.58. The average molecular weight is 358 g/mol. The Morgan fingerprint density at radius 3 is 2.81 bits per heavy atom. The molecular weight excluding hydrogens is 332 g/mol. The van der Waals surface area contributed by atoms with E-state index in [0.717, 1.165) is 12.3 Å². The Morgan fingerprint density at radius 2 is 2.19 bits per heavy atom. The van der Waals surface area contributed by atoms with E-state index in [9.17, 15) is 9.59 Å². The fourth-order valence-electron chi connectivity index (χ4n) is 3.77. The summed E-state index contributed by atoms with van der Waals surface area (Å²) in [4.78, 5) is 36.0. The Hall–Kier alpha value is -2.28. The number of hydrogen-bond acceptors (Lipinski definition) is 5. The van der Waals surface area contributed by atoms with Crippen molar-refractivity contribution in [2.45, 2.75) is 44.6 Å². The van der Waals surface area contributed by atoms with E-state index in [1.807, 2.05) is 13.0 Å². The molecule has 2 heterocycles. The van der Waals surface area contributed by atoms with Crippen molar-refractivity contribution in [1.82, 2.24) is 9.88 Å². The number of carbonyl (C=O) groups is 2. The van der Waals surface area contributed by atoms with E-state index < -0.39 is 5.54 Å². The molecule has 7 heteroatoms. The zero-order valence-electron chi connectivity index (χ0n) is 15.4. The number of carbonyl (C=O) groups excluding carboxylic acids is 2. The molecule has 1 spiro atoms. The third-order valence-corrected chi connectivity index (χ3v) is 5.25. The number of amides is 2. The van der Waals surface area contributed by atoms with Gasteiger partial charge >= 0.3 is 0 Å². The first-order chi connectivity index (χ1) is 12.6. The highest BCUT2D eigenvalue weighted by molar-refractivity contribution is 6.08. The maximum atomic E-state index is 13.0. The quantitative estimate of drug-likeness (QED) is 0.845. The SMILES string of the molecule is CCC1=NC2(CCC(C(=O)Nc3cccnc3)CC2)C(=O)N1CCOC. The summed E-state index contributed by atoms with van der Waals surface area (Å²) in [6.45, 7) is 3.05. The molecule has 1 aliphatic heterocycles. The molecule has 1 fully saturated rings. The molecule has 0 bridgehead atoms. The van der Waals surface area contributed by atoms with Crippen molar-refractivity contribution in [2.75, 3.05) is 25.6 Å². The third kappa shape index (κ3) is 3.62. The molecule has 3 rings (SSSR count). The van der Waals surface area contributed by atoms with Crippen LogP contribution in [-0.2, 0) is 14.3 Å². The molecule has 0 radical (unpaired) electrons. The number of ether oxygens (including phenoxy) is 1. The predicted octanol–water partition coefficient (Wildman–Crippen LogP) is 2.25. The second-order valence-corrected chi connectivity index (χ2v) is 6.87. The van der Waals surface area contributed by atoms with Crippen LogP contribution in [0, 0.1) is 5.92 Å². The lowest BCUT2D eigenvalue weighted by Crippen LogP contribution is -2.46. The smallest absolute Gasteiger partial charge is 0.255 e. The molecule has 1 saturated carbocycles. The van der Waals surface area contributed by atoms with Crippen LogP contribution in [0.15, 0.2) is 29.5 Å². The summed E-state index contributed by atoms with van der Waals surface area (Å²) in [6, 6.07) is 3.61. The van der Waals surface area contributed by atoms with Crippen molar-refractivity contribution in [3.63, 3.8) is 0 Å². The number of anilines is 1. The summed E-state index contributed by atoms with van der Waals surface area (Å²) in [5, 5.41) is 2.91. The van der Waals surface area contributed by atoms with Crippen molar-refractivity contribution < 1.29 is 14.3 Å². The second-order valence-electron chi connectivity index (χ2n) is 6.87. The van der Waals surface area contributed by atoms with Gasteiger partial charge in [-0.3, -0.25) is 24.5 Å². The van der Waals surface area contributed by atoms with Gasteiger partial charge in [-0.05, 0) is 37.8 Å². The van der Waals surface area contributed by atoms with Crippen LogP contribution in [0.5, 0.6) is 0 Å². The molecule has 1 aromatic heterocycles. The van der Waals surface area contributed by atoms with Crippen LogP contribution in [0.2, 0.25) is 0 Å². The Kier molecular flexibility index (Phi) is 5.66. The lowest BCUT2D eigenvalue weighted by molar-refractivity contribution is -0.134. The van der Waals surface area contributed by atoms with Crippen molar-refractivity contribution in [1.29, 1.82) is 0 Å². The summed E-state index contributed by atoms with van der Waals surface area (Å²) in [7, 11) is 1.63. The molecule has 7 nitrogen and oxygen atoms in total. The number of pyridine rings is 1. The first-order valence-electron chi connectivity index (χ1n) is 9.20. The Balaban J connectivity index is 1.63. The van der Waals surface area contributed by atoms with Gasteiger partial charge in [0.1, 0.15) is 11.4 Å². The van der Waals surface area contributed by atoms with Gasteiger partial charge in [0, 0.05) is 25.6 Å². The van der Waals surface area contributed by atoms with Crippen molar-refractivity contribution in [2.24, 2.45) is 10.9 Å². The highest BCUT2D eigenvalue weighted by Crippen LogP contribution is 2.40. The molecule has 0 atom stereocenters. The normalized spacial score (nSPS) is 25.5. The fraction of sp³-hybridized carbons (Fsp3) is 0.579. The number of aliphatic imine (C=N–C) groups is 1. The van der Waals surface area contributed by atoms with E-state index >= 15 is 0 Å². The molecule has 0 saturated heterocycles. The molecule has 1 aromatic rings. The van der Waals surface area contributed by atoms with Gasteiger partial charge in [-0.15, -0.1) is 0 Å². The highest BCUT2D eigenvalue weighted by atomic mass is 16.5. The van der Waals surface area contributed by atoms with Crippen molar-refractivity contribution >= 4 is 23.3 Å². The minimum atomic E-state index is -0.676. The predicted molar refractivity (Wildman–Crippen MR) is 98.9 cm³/mol. The minimum absolute atomic E-state index is 0.00534. The number of methoxy groups -OCH3 is 1. The molecule has 0 unspecified atom stereocenters. The maximum Gasteiger partial charge on any atom is 0.255 e. The number of nitrogens with one attached hydrogen (secondary N) is 1. The standard InChI is InChI=1S/C19H26N4O3/c1-3-16-22-19(18(25)23(16)11-12-26-2)8-6-14(7-9-19)17(24)21-15-5-4-10-20-13-15/h4-5,10,13-14H,3,6-9,11-12H2,1-2H3,(H,21,24). The summed E-state index contributed by atoms with van der Waals surface area (Å²) in [5.41, 5.74) is 0.0243. The Labute approximate surface area is 153 Å². The Bertz CT molecular complexity index is 681. The number of nitrogens with zero attached hydrogens (tertiary/aromatic N) is 3. The summed E-state index contributed by atoms with van der Waals surface area (Å²) >= 11 is 0. The van der Waals surface area contributed by atoms with Crippen LogP contribution < -0.4 is 5.32 Å². The van der Waals surface area contributed by atoms with E-state index in [-0.39, 0.29) is 17.7 Å². The number of amidine groups is 1. The lowest BCUT2D eigenvalue weighted by atomic mass is 9.76. The van der Waals surface area contributed by atoms with Gasteiger partial charge in [0.15, 0.2) is 0 Å². The third-order valence-electron chi connectivity index (χ3n) is 5.25. The first-order valence-corrected chi connectivity index (χ1v) is 9.20. The maximum absolute atomic E-state index is 13.0. The number of hydrogen-bond donors (Lipinski definition) is 1. The van der Waals surface area contributed by atoms with Gasteiger partial charge in [-0.2, -0.15) is 0 Å². The van der Waals surface area contributed by atoms with E-state index in [1.54, 1.807) is 30.5 Å². The number of rotatable bonds is 6. The lowest BCUT2D eigenvalue weighted by Gasteiger charge is -2.33. The summed E-state index contributed by atoms with van der Waals surface area (Å²) < 4.78 is 5.12. The van der Waals surface area contributed by atoms with Gasteiger partial charge in [-0.1, -0.05) is 6.92 Å². The van der Waals surface area contributed by atoms with Crippen LogP contribution in [0.4, 0.5) is 5.69 Å². The second kappa shape index (κ2) is 7.95. The zero-order valence-corrected chi connectivity index (χ0v) is 15.4. The average Bonchev–Trinajstić information content (AvgIpc) is 2.93. The molecule has 1 aliphatic carbocycles. The summed E-state index contributed by atoms with van der Waals surface area (Å²) in [5.74, 6) is 0.805. The van der Waals surface area contributed by atoms with E-state index in [2.05, 4.69) is 10.3 Å². The van der Waals surface area contributed by atoms with E-state index in [4.69, 9.17) is 9.73 Å². The van der Waals surface area contributed by atoms with Gasteiger partial charge in [0.2, 0.25) is 5.91 Å². The fourth-order valence-corrected chi connectivity index (χ4v) is 3.77. The monoisotopic (exact) mass is 358 g/mol. The van der Waals surface area contributed by atoms with Gasteiger partial charge in [0.05, 0.1) is 25.0 Å². The molecule has 140 valence electrons. The van der Waals surface area contributed by atoms with Gasteiger partial charge < -0.3 is 10.1 Å². The van der Waals surface area contributed by atoms with E-state index in [0.29, 0.717) is 44.5 Å². The Morgan fingerprint density at radius 1 is 1.42 bits per heavy atom. The molecule has 2 aliphatic rings. The van der Waals surface area contributed by atoms with Crippen molar-refractivity contribution in [3.05, 3.63) is 24.5 Å². The minimum Gasteiger partial charge on any atom is -0.383 e. The molecule has 26 heavy (non-hydrogen) atoms. The van der Waals surface area contributed by atoms with Crippen LogP contribution >= 0.6 is 0 Å². The van der Waals surface area contributed by atoms with Crippen LogP contribution in [0.1, 0.15) is 39.0 Å². The zero-order chi connectivity index (χ0) is 18.6. The van der Waals surface area contributed by atoms with E-state index in [1.165, 1.54) is 0 Å². The van der Waals surface area contributed by atoms with Gasteiger partial charge in [-0.25, -0.2) is 0 Å². The highest BCUT2D eigenvalue weighted by Gasteiger charge is 2.49. The molecule has 1 N–H and O–H groups in total. The topological polar surface area (TPSA) is 83.9 Å². The first kappa shape index (κ1) is 18.5. The molecule has 0 aromatic carbocycles. The van der Waals surface area contributed by atoms with Crippen LogP contribution in [0.3, 0.4) is 0 Å². The molecular formula is C19H26N4O3. The molecule has 2 amide bonds. The van der Waals surface area contributed by atoms with Crippen molar-refractivity contribution in [3.8, 4) is 0 Å². The van der Waals surface area contributed by atoms with Crippen LogP contribution in [-0.4, -0.2) is 53.3 Å². The largest absolute Gasteiger partial charge is 0.383 e.